The summed E-state index contributed by atoms with van der Waals surface area (Å²) in [5.74, 6) is -6.67. The first kappa shape index (κ1) is 24.0. The molecular weight excluding hydrogens is 468 g/mol. The van der Waals surface area contributed by atoms with Crippen molar-refractivity contribution in [3.05, 3.63) is 97.7 Å². The zero-order chi connectivity index (χ0) is 24.7. The lowest BCUT2D eigenvalue weighted by Gasteiger charge is -2.24. The van der Waals surface area contributed by atoms with Gasteiger partial charge in [0.05, 0.1) is 18.9 Å². The Morgan fingerprint density at radius 3 is 1.39 bits per heavy atom. The molecule has 0 saturated carbocycles. The summed E-state index contributed by atoms with van der Waals surface area (Å²) in [5, 5.41) is 9.73. The predicted octanol–water partition coefficient (Wildman–Crippen LogP) is 3.86. The lowest BCUT2D eigenvalue weighted by atomic mass is 10.1. The van der Waals surface area contributed by atoms with Crippen molar-refractivity contribution in [2.75, 3.05) is 0 Å². The van der Waals surface area contributed by atoms with E-state index in [1.165, 1.54) is 0 Å². The second-order valence-electron chi connectivity index (χ2n) is 7.03. The summed E-state index contributed by atoms with van der Waals surface area (Å²) < 4.78 is 110. The van der Waals surface area contributed by atoms with Gasteiger partial charge in [-0.2, -0.15) is 22.1 Å². The van der Waals surface area contributed by atoms with Gasteiger partial charge in [0.15, 0.2) is 0 Å². The van der Waals surface area contributed by atoms with Crippen LogP contribution in [0.4, 0.5) is 35.1 Å². The molecule has 1 heterocycles. The van der Waals surface area contributed by atoms with Gasteiger partial charge < -0.3 is 5.11 Å². The van der Waals surface area contributed by atoms with E-state index in [0.717, 1.165) is 0 Å². The fourth-order valence-electron chi connectivity index (χ4n) is 3.22. The van der Waals surface area contributed by atoms with Crippen molar-refractivity contribution in [1.82, 2.24) is 9.13 Å². The molecule has 0 bridgehead atoms. The first-order valence-corrected chi connectivity index (χ1v) is 8.94. The molecular formula is C20H12F8N2O3. The van der Waals surface area contributed by atoms with Crippen LogP contribution in [0.3, 0.4) is 0 Å². The Morgan fingerprint density at radius 1 is 0.636 bits per heavy atom. The molecule has 3 rings (SSSR count). The summed E-state index contributed by atoms with van der Waals surface area (Å²) in [4.78, 5) is 24.4. The highest BCUT2D eigenvalue weighted by atomic mass is 19.3. The second-order valence-corrected chi connectivity index (χ2v) is 7.03. The van der Waals surface area contributed by atoms with Gasteiger partial charge in [-0.1, -0.05) is 0 Å². The van der Waals surface area contributed by atoms with Crippen LogP contribution in [0, 0.1) is 23.3 Å². The minimum atomic E-state index is -4.56. The summed E-state index contributed by atoms with van der Waals surface area (Å²) in [6, 6.07) is -6.50. The van der Waals surface area contributed by atoms with Crippen LogP contribution in [0.25, 0.3) is 0 Å². The van der Waals surface area contributed by atoms with Crippen LogP contribution in [0.1, 0.15) is 11.1 Å². The molecule has 13 heteroatoms. The molecule has 0 unspecified atom stereocenters. The van der Waals surface area contributed by atoms with E-state index < -0.39 is 85.6 Å². The first-order valence-electron chi connectivity index (χ1n) is 8.94. The molecule has 0 spiro atoms. The average Bonchev–Trinajstić information content (AvgIpc) is 2.57. The van der Waals surface area contributed by atoms with E-state index in [9.17, 15) is 49.8 Å². The Morgan fingerprint density at radius 2 is 1.00 bits per heavy atom. The fourth-order valence-corrected chi connectivity index (χ4v) is 3.22. The zero-order valence-electron chi connectivity index (χ0n) is 16.1. The van der Waals surface area contributed by atoms with Crippen molar-refractivity contribution in [2.45, 2.75) is 24.9 Å². The van der Waals surface area contributed by atoms with Crippen molar-refractivity contribution in [1.29, 1.82) is 0 Å². The van der Waals surface area contributed by atoms with Gasteiger partial charge in [-0.25, -0.2) is 26.9 Å². The Hall–Kier alpha value is -3.64. The van der Waals surface area contributed by atoms with Gasteiger partial charge in [0.25, 0.3) is 5.56 Å². The summed E-state index contributed by atoms with van der Waals surface area (Å²) in [5.41, 5.74) is -5.65. The number of halogens is 8. The second kappa shape index (κ2) is 8.37. The molecule has 0 aliphatic carbocycles. The van der Waals surface area contributed by atoms with Gasteiger partial charge in [-0.3, -0.25) is 4.79 Å². The number of hydrogen-bond acceptors (Lipinski definition) is 3. The third-order valence-corrected chi connectivity index (χ3v) is 4.42. The van der Waals surface area contributed by atoms with Gasteiger partial charge in [-0.05, 0) is 35.4 Å². The van der Waals surface area contributed by atoms with Crippen LogP contribution in [-0.4, -0.2) is 14.2 Å². The highest BCUT2D eigenvalue weighted by molar-refractivity contribution is 5.21. The number of aromatic nitrogens is 2. The van der Waals surface area contributed by atoms with E-state index >= 15 is 0 Å². The number of nitrogens with zero attached hydrogens (tertiary/aromatic N) is 2. The molecule has 0 radical (unpaired) electrons. The van der Waals surface area contributed by atoms with Crippen molar-refractivity contribution in [3.63, 3.8) is 0 Å². The van der Waals surface area contributed by atoms with E-state index in [2.05, 4.69) is 0 Å². The smallest absolute Gasteiger partial charge is 0.343 e. The lowest BCUT2D eigenvalue weighted by molar-refractivity contribution is -0.111. The molecule has 1 aromatic heterocycles. The van der Waals surface area contributed by atoms with Crippen LogP contribution < -0.4 is 11.2 Å². The van der Waals surface area contributed by atoms with E-state index in [0.29, 0.717) is 36.4 Å². The third-order valence-electron chi connectivity index (χ3n) is 4.42. The molecule has 0 atom stereocenters. The summed E-state index contributed by atoms with van der Waals surface area (Å²) in [7, 11) is 0. The van der Waals surface area contributed by atoms with Gasteiger partial charge >= 0.3 is 17.8 Å². The highest BCUT2D eigenvalue weighted by Gasteiger charge is 2.42. The minimum absolute atomic E-state index is 0.0957. The Bertz CT molecular complexity index is 1290. The van der Waals surface area contributed by atoms with Crippen LogP contribution in [0.2, 0.25) is 0 Å². The molecule has 2 aromatic carbocycles. The number of aromatic hydroxyl groups is 1. The Labute approximate surface area is 178 Å². The summed E-state index contributed by atoms with van der Waals surface area (Å²) in [6.45, 7) is 0. The van der Waals surface area contributed by atoms with Gasteiger partial charge in [0.2, 0.25) is 5.88 Å². The van der Waals surface area contributed by atoms with Gasteiger partial charge in [-0.15, -0.1) is 0 Å². The van der Waals surface area contributed by atoms with Gasteiger partial charge in [0.1, 0.15) is 23.3 Å². The van der Waals surface area contributed by atoms with Crippen molar-refractivity contribution < 1.29 is 40.2 Å². The van der Waals surface area contributed by atoms with Crippen LogP contribution >= 0.6 is 0 Å². The minimum Gasteiger partial charge on any atom is -0.494 e. The zero-order valence-corrected chi connectivity index (χ0v) is 16.1. The SMILES string of the molecule is O=c1cc(O)n(C(F)(F)Cc2cc(F)cc(F)c2)c(=O)n1C(F)(F)Cc1cc(F)cc(F)c1. The molecule has 0 amide bonds. The first-order chi connectivity index (χ1) is 15.2. The average molecular weight is 480 g/mol. The number of hydrogen-bond donors (Lipinski definition) is 1. The Balaban J connectivity index is 2.10. The molecule has 0 aliphatic rings. The molecule has 1 N–H and O–H groups in total. The molecule has 3 aromatic rings. The number of rotatable bonds is 6. The van der Waals surface area contributed by atoms with E-state index in [1.807, 2.05) is 0 Å². The quantitative estimate of drug-likeness (QED) is 0.546. The van der Waals surface area contributed by atoms with Gasteiger partial charge in [0, 0.05) is 12.1 Å². The number of benzene rings is 2. The topological polar surface area (TPSA) is 64.2 Å². The maximum absolute atomic E-state index is 14.8. The van der Waals surface area contributed by atoms with Crippen molar-refractivity contribution in [3.8, 4) is 5.88 Å². The van der Waals surface area contributed by atoms with Crippen LogP contribution in [0.5, 0.6) is 5.88 Å². The molecule has 5 nitrogen and oxygen atoms in total. The fraction of sp³-hybridized carbons (Fsp3) is 0.200. The molecule has 176 valence electrons. The highest BCUT2D eigenvalue weighted by Crippen LogP contribution is 2.30. The van der Waals surface area contributed by atoms with Crippen molar-refractivity contribution in [2.24, 2.45) is 0 Å². The van der Waals surface area contributed by atoms with Crippen molar-refractivity contribution >= 4 is 0 Å². The lowest BCUT2D eigenvalue weighted by Crippen LogP contribution is -2.51. The van der Waals surface area contributed by atoms with E-state index in [1.54, 1.807) is 0 Å². The monoisotopic (exact) mass is 480 g/mol. The molecule has 0 fully saturated rings. The Kier molecular flexibility index (Phi) is 6.09. The standard InChI is InChI=1S/C20H12F8N2O3/c21-12-1-10(2-13(22)5-12)8-19(25,26)29-16(31)7-17(32)30(18(29)33)20(27,28)9-11-3-14(23)6-15(24)4-11/h1-7,31H,8-9H2. The van der Waals surface area contributed by atoms with E-state index in [-0.39, 0.29) is 6.07 Å². The molecule has 0 aliphatic heterocycles. The largest absolute Gasteiger partial charge is 0.494 e. The normalized spacial score (nSPS) is 12.2. The van der Waals surface area contributed by atoms with Crippen LogP contribution in [-0.2, 0) is 24.9 Å². The number of alkyl halides is 4. The summed E-state index contributed by atoms with van der Waals surface area (Å²) >= 11 is 0. The van der Waals surface area contributed by atoms with E-state index in [4.69, 9.17) is 0 Å². The maximum atomic E-state index is 14.8. The predicted molar refractivity (Wildman–Crippen MR) is 97.1 cm³/mol. The summed E-state index contributed by atoms with van der Waals surface area (Å²) in [6.07, 6.45) is -3.25. The third kappa shape index (κ3) is 5.07. The molecule has 33 heavy (non-hydrogen) atoms. The maximum Gasteiger partial charge on any atom is 0.343 e. The molecule has 0 saturated heterocycles. The van der Waals surface area contributed by atoms with Crippen LogP contribution in [0.15, 0.2) is 52.1 Å².